The van der Waals surface area contributed by atoms with Gasteiger partial charge in [-0.05, 0) is 123 Å². The highest BCUT2D eigenvalue weighted by Gasteiger charge is 2.39. The maximum Gasteiger partial charge on any atom is 0.417 e. The summed E-state index contributed by atoms with van der Waals surface area (Å²) in [6, 6.07) is 8.42. The molecule has 1 aromatic carbocycles. The van der Waals surface area contributed by atoms with Gasteiger partial charge in [0.15, 0.2) is 0 Å². The summed E-state index contributed by atoms with van der Waals surface area (Å²) in [4.78, 5) is 12.6. The van der Waals surface area contributed by atoms with Gasteiger partial charge in [0.1, 0.15) is 23.1 Å². The standard InChI is InChI=1S/C33H39F6IN6O2/c1-3-47-27-15-21(16-28(31(27)40)48-4-2)20-44-12-9-22(10-13-44)26-17-25(46(41)30-8-6-24(19-43-30)33(37,38)39)11-14-45(26)29-7-5-23(18-42-29)32(34,35)36/h5-8,15-16,18-19,22,25-26H,3-4,9-14,17,20,41H2,1-2H3. The summed E-state index contributed by atoms with van der Waals surface area (Å²) < 4.78 is 91.9. The van der Waals surface area contributed by atoms with Gasteiger partial charge in [-0.15, -0.1) is 0 Å². The molecule has 2 saturated heterocycles. The number of hydrazine groups is 1. The fraction of sp³-hybridized carbons (Fsp3) is 0.515. The summed E-state index contributed by atoms with van der Waals surface area (Å²) in [6.45, 7) is 7.73. The topological polar surface area (TPSA) is 80.0 Å². The molecule has 2 N–H and O–H groups in total. The molecule has 0 bridgehead atoms. The van der Waals surface area contributed by atoms with Crippen molar-refractivity contribution < 1.29 is 35.8 Å². The van der Waals surface area contributed by atoms with Crippen molar-refractivity contribution in [1.29, 1.82) is 0 Å². The van der Waals surface area contributed by atoms with Crippen molar-refractivity contribution >= 4 is 34.2 Å². The van der Waals surface area contributed by atoms with E-state index in [0.29, 0.717) is 45.0 Å². The van der Waals surface area contributed by atoms with Crippen LogP contribution >= 0.6 is 22.6 Å². The second-order valence-electron chi connectivity index (χ2n) is 12.0. The van der Waals surface area contributed by atoms with Gasteiger partial charge in [0.05, 0.1) is 34.0 Å². The first kappa shape index (κ1) is 36.2. The van der Waals surface area contributed by atoms with Crippen molar-refractivity contribution in [1.82, 2.24) is 14.9 Å². The number of hydrogen-bond acceptors (Lipinski definition) is 8. The zero-order valence-electron chi connectivity index (χ0n) is 26.7. The van der Waals surface area contributed by atoms with Gasteiger partial charge < -0.3 is 14.4 Å². The second-order valence-corrected chi connectivity index (χ2v) is 13.1. The molecule has 3 aromatic rings. The van der Waals surface area contributed by atoms with Gasteiger partial charge >= 0.3 is 12.4 Å². The van der Waals surface area contributed by atoms with Gasteiger partial charge in [-0.2, -0.15) is 26.3 Å². The van der Waals surface area contributed by atoms with E-state index in [2.05, 4.69) is 54.5 Å². The highest BCUT2D eigenvalue weighted by molar-refractivity contribution is 14.1. The van der Waals surface area contributed by atoms with Crippen LogP contribution < -0.4 is 25.2 Å². The number of likely N-dealkylation sites (tertiary alicyclic amines) is 1. The highest BCUT2D eigenvalue weighted by atomic mass is 127. The summed E-state index contributed by atoms with van der Waals surface area (Å²) in [5.74, 6) is 8.89. The van der Waals surface area contributed by atoms with Crippen LogP contribution in [0.2, 0.25) is 0 Å². The molecule has 2 unspecified atom stereocenters. The Morgan fingerprint density at radius 1 is 0.854 bits per heavy atom. The van der Waals surface area contributed by atoms with E-state index in [1.807, 2.05) is 13.8 Å². The molecule has 0 saturated carbocycles. The van der Waals surface area contributed by atoms with E-state index >= 15 is 0 Å². The summed E-state index contributed by atoms with van der Waals surface area (Å²) in [5, 5.41) is 1.42. The van der Waals surface area contributed by atoms with Gasteiger partial charge in [-0.3, -0.25) is 9.91 Å². The number of rotatable bonds is 10. The predicted molar refractivity (Wildman–Crippen MR) is 179 cm³/mol. The Labute approximate surface area is 289 Å². The van der Waals surface area contributed by atoms with Gasteiger partial charge in [-0.1, -0.05) is 0 Å². The lowest BCUT2D eigenvalue weighted by atomic mass is 9.81. The van der Waals surface area contributed by atoms with E-state index in [4.69, 9.17) is 15.3 Å². The Morgan fingerprint density at radius 3 is 1.94 bits per heavy atom. The average Bonchev–Trinajstić information content (AvgIpc) is 3.06. The first-order valence-corrected chi connectivity index (χ1v) is 17.0. The average molecular weight is 793 g/mol. The van der Waals surface area contributed by atoms with Crippen LogP contribution in [-0.4, -0.2) is 59.8 Å². The van der Waals surface area contributed by atoms with Gasteiger partial charge in [0, 0.05) is 31.5 Å². The Hall–Kier alpha value is -3.05. The fourth-order valence-corrected chi connectivity index (χ4v) is 7.19. The van der Waals surface area contributed by atoms with Crippen LogP contribution in [0.15, 0.2) is 48.8 Å². The number of piperidine rings is 2. The molecule has 8 nitrogen and oxygen atoms in total. The van der Waals surface area contributed by atoms with Crippen LogP contribution in [-0.2, 0) is 18.9 Å². The molecule has 2 fully saturated rings. The van der Waals surface area contributed by atoms with Crippen LogP contribution in [0, 0.1) is 9.49 Å². The third-order valence-corrected chi connectivity index (χ3v) is 10.0. The normalized spacial score (nSPS) is 19.8. The van der Waals surface area contributed by atoms with Gasteiger partial charge in [0.25, 0.3) is 0 Å². The molecule has 0 radical (unpaired) electrons. The fourth-order valence-electron chi connectivity index (χ4n) is 6.57. The molecule has 2 atom stereocenters. The molecule has 48 heavy (non-hydrogen) atoms. The first-order valence-electron chi connectivity index (χ1n) is 16.0. The van der Waals surface area contributed by atoms with Gasteiger partial charge in [-0.25, -0.2) is 15.8 Å². The molecule has 0 aliphatic carbocycles. The SMILES string of the molecule is CCOc1cc(CN2CCC(C3CC(N(N)c4ccc(C(F)(F)F)cn4)CCN3c3ccc(C(F)(F)F)cn3)CC2)cc(OCC)c1I. The smallest absolute Gasteiger partial charge is 0.417 e. The predicted octanol–water partition coefficient (Wildman–Crippen LogP) is 7.55. The van der Waals surface area contributed by atoms with E-state index < -0.39 is 23.5 Å². The minimum atomic E-state index is -4.51. The minimum absolute atomic E-state index is 0.108. The molecular formula is C33H39F6IN6O2. The lowest BCUT2D eigenvalue weighted by Gasteiger charge is -2.48. The second kappa shape index (κ2) is 15.2. The van der Waals surface area contributed by atoms with Crippen LogP contribution in [0.5, 0.6) is 11.5 Å². The molecule has 2 aromatic heterocycles. The maximum absolute atomic E-state index is 13.3. The first-order chi connectivity index (χ1) is 22.8. The highest BCUT2D eigenvalue weighted by Crippen LogP contribution is 2.38. The summed E-state index contributed by atoms with van der Waals surface area (Å²) in [5.41, 5.74) is -0.596. The minimum Gasteiger partial charge on any atom is -0.493 e. The van der Waals surface area contributed by atoms with Crippen LogP contribution in [0.1, 0.15) is 56.2 Å². The van der Waals surface area contributed by atoms with Crippen molar-refractivity contribution in [3.05, 3.63) is 69.1 Å². The Kier molecular flexibility index (Phi) is 11.5. The van der Waals surface area contributed by atoms with Crippen molar-refractivity contribution in [3.63, 3.8) is 0 Å². The largest absolute Gasteiger partial charge is 0.493 e. The Morgan fingerprint density at radius 2 is 1.44 bits per heavy atom. The van der Waals surface area contributed by atoms with Crippen LogP contribution in [0.3, 0.4) is 0 Å². The number of nitrogens with zero attached hydrogens (tertiary/aromatic N) is 5. The van der Waals surface area contributed by atoms with Crippen molar-refractivity contribution in [2.75, 3.05) is 42.8 Å². The van der Waals surface area contributed by atoms with Crippen molar-refractivity contribution in [3.8, 4) is 11.5 Å². The quantitative estimate of drug-likeness (QED) is 0.0977. The third-order valence-electron chi connectivity index (χ3n) is 8.97. The van der Waals surface area contributed by atoms with Crippen molar-refractivity contribution in [2.24, 2.45) is 11.8 Å². The monoisotopic (exact) mass is 792 g/mol. The lowest BCUT2D eigenvalue weighted by molar-refractivity contribution is -0.138. The van der Waals surface area contributed by atoms with Crippen molar-refractivity contribution in [2.45, 2.75) is 70.5 Å². The third kappa shape index (κ3) is 8.56. The maximum atomic E-state index is 13.3. The summed E-state index contributed by atoms with van der Waals surface area (Å²) in [7, 11) is 0. The molecule has 15 heteroatoms. The summed E-state index contributed by atoms with van der Waals surface area (Å²) in [6.07, 6.45) is -4.65. The molecule has 0 amide bonds. The zero-order chi connectivity index (χ0) is 34.6. The van der Waals surface area contributed by atoms with Crippen LogP contribution in [0.4, 0.5) is 38.0 Å². The van der Waals surface area contributed by atoms with E-state index in [1.54, 1.807) is 0 Å². The van der Waals surface area contributed by atoms with E-state index in [0.717, 1.165) is 71.1 Å². The molecule has 262 valence electrons. The zero-order valence-corrected chi connectivity index (χ0v) is 28.9. The molecule has 2 aliphatic heterocycles. The number of pyridine rings is 2. The number of anilines is 2. The number of hydrogen-bond donors (Lipinski definition) is 1. The van der Waals surface area contributed by atoms with E-state index in [9.17, 15) is 26.3 Å². The summed E-state index contributed by atoms with van der Waals surface area (Å²) >= 11 is 2.24. The van der Waals surface area contributed by atoms with E-state index in [-0.39, 0.29) is 23.8 Å². The number of benzene rings is 1. The molecule has 0 spiro atoms. The van der Waals surface area contributed by atoms with Gasteiger partial charge in [0.2, 0.25) is 0 Å². The Bertz CT molecular complexity index is 1470. The number of halogens is 7. The van der Waals surface area contributed by atoms with Crippen LogP contribution in [0.25, 0.3) is 0 Å². The Balaban J connectivity index is 1.33. The lowest BCUT2D eigenvalue weighted by Crippen LogP contribution is -2.56. The van der Waals surface area contributed by atoms with E-state index in [1.165, 1.54) is 17.1 Å². The molecular weight excluding hydrogens is 753 g/mol. The number of nitrogens with two attached hydrogens (primary N) is 1. The number of alkyl halides is 6. The molecule has 2 aliphatic rings. The molecule has 5 rings (SSSR count). The number of ether oxygens (including phenoxy) is 2. The number of aromatic nitrogens is 2. The molecule has 4 heterocycles.